The predicted octanol–water partition coefficient (Wildman–Crippen LogP) is 2.18. The molecule has 0 radical (unpaired) electrons. The molecule has 0 bridgehead atoms. The number of anilines is 2. The molecular formula is C12H15BrN4O2S. The molecule has 108 valence electrons. The van der Waals surface area contributed by atoms with E-state index < -0.39 is 10.0 Å². The Morgan fingerprint density at radius 3 is 2.50 bits per heavy atom. The van der Waals surface area contributed by atoms with Gasteiger partial charge >= 0.3 is 0 Å². The number of halogens is 1. The Labute approximate surface area is 126 Å². The van der Waals surface area contributed by atoms with Crippen molar-refractivity contribution in [1.29, 1.82) is 0 Å². The molecule has 1 heterocycles. The molecule has 8 heteroatoms. The van der Waals surface area contributed by atoms with Gasteiger partial charge < -0.3 is 10.3 Å². The first-order chi connectivity index (χ1) is 9.22. The van der Waals surface area contributed by atoms with Gasteiger partial charge in [0.1, 0.15) is 0 Å². The zero-order chi connectivity index (χ0) is 15.1. The number of nitrogen functional groups attached to an aromatic ring is 1. The number of imidazole rings is 1. The average Bonchev–Trinajstić information content (AvgIpc) is 2.64. The fourth-order valence-corrected chi connectivity index (χ4v) is 4.29. The normalized spacial score (nSPS) is 11.6. The second-order valence-corrected chi connectivity index (χ2v) is 7.04. The van der Waals surface area contributed by atoms with Crippen LogP contribution in [0.4, 0.5) is 11.5 Å². The van der Waals surface area contributed by atoms with Crippen molar-refractivity contribution >= 4 is 37.5 Å². The third-order valence-corrected chi connectivity index (χ3v) is 4.94. The SMILES string of the molecule is Cc1cc(C)c(NS(=O)(=O)c2c(N)ncn2C)c(Br)c1. The number of nitrogens with one attached hydrogen (secondary N) is 1. The highest BCUT2D eigenvalue weighted by Gasteiger charge is 2.24. The van der Waals surface area contributed by atoms with Crippen LogP contribution in [0.3, 0.4) is 0 Å². The van der Waals surface area contributed by atoms with Gasteiger partial charge in [0.2, 0.25) is 0 Å². The van der Waals surface area contributed by atoms with Crippen molar-refractivity contribution in [2.45, 2.75) is 18.9 Å². The molecule has 3 N–H and O–H groups in total. The van der Waals surface area contributed by atoms with Gasteiger partial charge in [0.25, 0.3) is 10.0 Å². The lowest BCUT2D eigenvalue weighted by Gasteiger charge is -2.13. The number of nitrogens with zero attached hydrogens (tertiary/aromatic N) is 2. The van der Waals surface area contributed by atoms with Crippen LogP contribution in [0.25, 0.3) is 0 Å². The Hall–Kier alpha value is -1.54. The summed E-state index contributed by atoms with van der Waals surface area (Å²) in [7, 11) is -2.22. The number of aryl methyl sites for hydroxylation is 3. The van der Waals surface area contributed by atoms with E-state index in [1.54, 1.807) is 7.05 Å². The zero-order valence-corrected chi connectivity index (χ0v) is 13.7. The number of benzene rings is 1. The van der Waals surface area contributed by atoms with Crippen LogP contribution in [0.15, 0.2) is 28.0 Å². The van der Waals surface area contributed by atoms with Crippen molar-refractivity contribution < 1.29 is 8.42 Å². The van der Waals surface area contributed by atoms with Crippen LogP contribution in [0.2, 0.25) is 0 Å². The Balaban J connectivity index is 2.50. The molecule has 1 aromatic carbocycles. The molecule has 0 aliphatic rings. The molecule has 2 rings (SSSR count). The Morgan fingerprint density at radius 2 is 2.00 bits per heavy atom. The van der Waals surface area contributed by atoms with Gasteiger partial charge in [-0.15, -0.1) is 0 Å². The molecular weight excluding hydrogens is 344 g/mol. The third kappa shape index (κ3) is 2.66. The summed E-state index contributed by atoms with van der Waals surface area (Å²) < 4.78 is 29.4. The van der Waals surface area contributed by atoms with E-state index in [9.17, 15) is 8.42 Å². The minimum Gasteiger partial charge on any atom is -0.381 e. The van der Waals surface area contributed by atoms with Crippen LogP contribution in [0, 0.1) is 13.8 Å². The molecule has 0 saturated carbocycles. The number of hydrogen-bond donors (Lipinski definition) is 2. The van der Waals surface area contributed by atoms with Crippen LogP contribution in [-0.4, -0.2) is 18.0 Å². The maximum atomic E-state index is 12.4. The van der Waals surface area contributed by atoms with Crippen LogP contribution < -0.4 is 10.5 Å². The van der Waals surface area contributed by atoms with Crippen molar-refractivity contribution in [3.63, 3.8) is 0 Å². The molecule has 0 fully saturated rings. The van der Waals surface area contributed by atoms with E-state index in [-0.39, 0.29) is 10.8 Å². The van der Waals surface area contributed by atoms with Gasteiger partial charge in [-0.2, -0.15) is 8.42 Å². The molecule has 20 heavy (non-hydrogen) atoms. The summed E-state index contributed by atoms with van der Waals surface area (Å²) >= 11 is 3.37. The third-order valence-electron chi connectivity index (χ3n) is 2.83. The molecule has 6 nitrogen and oxygen atoms in total. The van der Waals surface area contributed by atoms with Crippen molar-refractivity contribution in [3.8, 4) is 0 Å². The monoisotopic (exact) mass is 358 g/mol. The van der Waals surface area contributed by atoms with Crippen molar-refractivity contribution in [3.05, 3.63) is 34.1 Å². The Bertz CT molecular complexity index is 725. The van der Waals surface area contributed by atoms with E-state index in [1.165, 1.54) is 10.9 Å². The summed E-state index contributed by atoms with van der Waals surface area (Å²) in [4.78, 5) is 3.79. The van der Waals surface area contributed by atoms with E-state index in [4.69, 9.17) is 5.73 Å². The second-order valence-electron chi connectivity index (χ2n) is 4.59. The Kier molecular flexibility index (Phi) is 3.79. The summed E-state index contributed by atoms with van der Waals surface area (Å²) in [6.07, 6.45) is 1.36. The largest absolute Gasteiger partial charge is 0.381 e. The van der Waals surface area contributed by atoms with Gasteiger partial charge in [0, 0.05) is 11.5 Å². The fourth-order valence-electron chi connectivity index (χ4n) is 1.99. The first kappa shape index (κ1) is 14.9. The first-order valence-electron chi connectivity index (χ1n) is 5.78. The van der Waals surface area contributed by atoms with Crippen LogP contribution in [0.1, 0.15) is 11.1 Å². The van der Waals surface area contributed by atoms with Gasteiger partial charge in [-0.1, -0.05) is 6.07 Å². The molecule has 0 atom stereocenters. The lowest BCUT2D eigenvalue weighted by atomic mass is 10.1. The van der Waals surface area contributed by atoms with Gasteiger partial charge in [-0.3, -0.25) is 4.72 Å². The highest BCUT2D eigenvalue weighted by Crippen LogP contribution is 2.30. The number of sulfonamides is 1. The van der Waals surface area contributed by atoms with Crippen LogP contribution in [0.5, 0.6) is 0 Å². The van der Waals surface area contributed by atoms with E-state index in [1.807, 2.05) is 26.0 Å². The maximum absolute atomic E-state index is 12.4. The first-order valence-corrected chi connectivity index (χ1v) is 8.06. The molecule has 0 aliphatic heterocycles. The van der Waals surface area contributed by atoms with Crippen LogP contribution in [-0.2, 0) is 17.1 Å². The standard InChI is InChI=1S/C12H15BrN4O2S/c1-7-4-8(2)10(9(13)5-7)16-20(18,19)12-11(14)15-6-17(12)3/h4-6,16H,14H2,1-3H3. The van der Waals surface area contributed by atoms with Crippen molar-refractivity contribution in [1.82, 2.24) is 9.55 Å². The number of nitrogens with two attached hydrogens (primary N) is 1. The number of aromatic nitrogens is 2. The quantitative estimate of drug-likeness (QED) is 0.879. The summed E-state index contributed by atoms with van der Waals surface area (Å²) in [5.74, 6) is -0.0270. The smallest absolute Gasteiger partial charge is 0.281 e. The van der Waals surface area contributed by atoms with Gasteiger partial charge in [-0.05, 0) is 47.0 Å². The molecule has 1 aromatic heterocycles. The number of hydrogen-bond acceptors (Lipinski definition) is 4. The van der Waals surface area contributed by atoms with Crippen molar-refractivity contribution in [2.75, 3.05) is 10.5 Å². The lowest BCUT2D eigenvalue weighted by molar-refractivity contribution is 0.592. The summed E-state index contributed by atoms with van der Waals surface area (Å²) in [5.41, 5.74) is 7.97. The average molecular weight is 359 g/mol. The molecule has 0 aliphatic carbocycles. The van der Waals surface area contributed by atoms with Gasteiger partial charge in [-0.25, -0.2) is 4.98 Å². The molecule has 0 amide bonds. The van der Waals surface area contributed by atoms with E-state index >= 15 is 0 Å². The minimum absolute atomic E-state index is 0.0270. The summed E-state index contributed by atoms with van der Waals surface area (Å²) in [6.45, 7) is 3.78. The maximum Gasteiger partial charge on any atom is 0.281 e. The topological polar surface area (TPSA) is 90.0 Å². The van der Waals surface area contributed by atoms with E-state index in [0.717, 1.165) is 11.1 Å². The van der Waals surface area contributed by atoms with Gasteiger partial charge in [0.05, 0.1) is 12.0 Å². The molecule has 2 aromatic rings. The number of rotatable bonds is 3. The summed E-state index contributed by atoms with van der Waals surface area (Å²) in [6, 6.07) is 3.74. The highest BCUT2D eigenvalue weighted by atomic mass is 79.9. The van der Waals surface area contributed by atoms with Gasteiger partial charge in [0.15, 0.2) is 10.8 Å². The minimum atomic E-state index is -3.79. The summed E-state index contributed by atoms with van der Waals surface area (Å²) in [5, 5.41) is -0.0515. The van der Waals surface area contributed by atoms with Crippen LogP contribution >= 0.6 is 15.9 Å². The Morgan fingerprint density at radius 1 is 1.35 bits per heavy atom. The lowest BCUT2D eigenvalue weighted by Crippen LogP contribution is -2.18. The molecule has 0 unspecified atom stereocenters. The van der Waals surface area contributed by atoms with E-state index in [0.29, 0.717) is 10.2 Å². The van der Waals surface area contributed by atoms with Crippen molar-refractivity contribution in [2.24, 2.45) is 7.05 Å². The zero-order valence-electron chi connectivity index (χ0n) is 11.3. The second kappa shape index (κ2) is 5.10. The highest BCUT2D eigenvalue weighted by molar-refractivity contribution is 9.10. The van der Waals surface area contributed by atoms with E-state index in [2.05, 4.69) is 25.6 Å². The predicted molar refractivity (Wildman–Crippen MR) is 82.0 cm³/mol. The fraction of sp³-hybridized carbons (Fsp3) is 0.250. The molecule has 0 saturated heterocycles. The molecule has 0 spiro atoms.